The number of aromatic nitrogens is 1. The highest BCUT2D eigenvalue weighted by Gasteiger charge is 2.23. The third-order valence-electron chi connectivity index (χ3n) is 3.98. The van der Waals surface area contributed by atoms with E-state index in [1.165, 1.54) is 14.7 Å². The van der Waals surface area contributed by atoms with Crippen molar-refractivity contribution < 1.29 is 9.53 Å². The summed E-state index contributed by atoms with van der Waals surface area (Å²) < 4.78 is 7.30. The molecule has 0 saturated carbocycles. The van der Waals surface area contributed by atoms with Crippen LogP contribution in [0.15, 0.2) is 54.6 Å². The topological polar surface area (TPSA) is 31.2 Å². The van der Waals surface area contributed by atoms with Gasteiger partial charge in [0.25, 0.3) is 0 Å². The lowest BCUT2D eigenvalue weighted by Gasteiger charge is -2.08. The molecular formula is C19H18INO2S. The molecule has 0 fully saturated rings. The van der Waals surface area contributed by atoms with Gasteiger partial charge in [-0.2, -0.15) is 0 Å². The molecule has 0 aliphatic rings. The summed E-state index contributed by atoms with van der Waals surface area (Å²) in [6.07, 6.45) is 1.70. The molecule has 5 heteroatoms. The van der Waals surface area contributed by atoms with Crippen LogP contribution in [0.5, 0.6) is 0 Å². The highest BCUT2D eigenvalue weighted by atomic mass is 127. The average Bonchev–Trinajstić information content (AvgIpc) is 2.94. The molecular weight excluding hydrogens is 433 g/mol. The van der Waals surface area contributed by atoms with E-state index in [0.29, 0.717) is 12.3 Å². The molecule has 24 heavy (non-hydrogen) atoms. The minimum Gasteiger partial charge on any atom is -0.461 e. The van der Waals surface area contributed by atoms with Gasteiger partial charge >= 0.3 is 5.97 Å². The third kappa shape index (κ3) is 3.47. The molecule has 0 spiro atoms. The number of carbonyl (C=O) groups is 1. The van der Waals surface area contributed by atoms with Crippen LogP contribution in [-0.4, -0.2) is 16.5 Å². The lowest BCUT2D eigenvalue weighted by molar-refractivity contribution is 0.0518. The van der Waals surface area contributed by atoms with Crippen LogP contribution in [0, 0.1) is 0 Å². The van der Waals surface area contributed by atoms with Crippen LogP contribution in [0.2, 0.25) is 0 Å². The van der Waals surface area contributed by atoms with E-state index < -0.39 is 0 Å². The van der Waals surface area contributed by atoms with E-state index in [1.807, 2.05) is 41.2 Å². The number of rotatable bonds is 6. The molecule has 1 aromatic heterocycles. The lowest BCUT2D eigenvalue weighted by Crippen LogP contribution is -2.11. The summed E-state index contributed by atoms with van der Waals surface area (Å²) in [5.74, 6) is -0.249. The van der Waals surface area contributed by atoms with Crippen LogP contribution >= 0.6 is 30.3 Å². The van der Waals surface area contributed by atoms with Gasteiger partial charge in [0.1, 0.15) is 5.69 Å². The van der Waals surface area contributed by atoms with E-state index in [0.717, 1.165) is 29.3 Å². The zero-order valence-corrected chi connectivity index (χ0v) is 16.3. The molecule has 1 heterocycles. The maximum atomic E-state index is 12.6. The molecule has 2 aromatic carbocycles. The number of para-hydroxylation sites is 1. The Labute approximate surface area is 158 Å². The van der Waals surface area contributed by atoms with Crippen molar-refractivity contribution in [1.82, 2.24) is 3.97 Å². The van der Waals surface area contributed by atoms with Crippen molar-refractivity contribution in [2.75, 3.05) is 6.61 Å². The standard InChI is InChI=1S/C19H18INO2S/c1-2-23-19(22)18-16(13-12-14-8-4-3-5-9-14)15-10-6-7-11-17(15)21(18)24-20/h3-11H,2,12-13H2,1H3. The summed E-state index contributed by atoms with van der Waals surface area (Å²) >= 11 is 2.21. The molecule has 0 amide bonds. The van der Waals surface area contributed by atoms with Crippen LogP contribution < -0.4 is 0 Å². The number of esters is 1. The Morgan fingerprint density at radius 3 is 2.50 bits per heavy atom. The molecule has 0 bridgehead atoms. The highest BCUT2D eigenvalue weighted by molar-refractivity contribution is 14.2. The fraction of sp³-hybridized carbons (Fsp3) is 0.211. The number of benzene rings is 2. The molecule has 0 radical (unpaired) electrons. The number of fused-ring (bicyclic) bond motifs is 1. The first-order valence-electron chi connectivity index (χ1n) is 7.88. The summed E-state index contributed by atoms with van der Waals surface area (Å²) in [5.41, 5.74) is 4.06. The Bertz CT molecular complexity index is 845. The summed E-state index contributed by atoms with van der Waals surface area (Å²) in [5, 5.41) is 1.13. The monoisotopic (exact) mass is 451 g/mol. The number of ether oxygens (including phenoxy) is 1. The third-order valence-corrected chi connectivity index (χ3v) is 5.68. The van der Waals surface area contributed by atoms with Crippen molar-refractivity contribution in [3.63, 3.8) is 0 Å². The van der Waals surface area contributed by atoms with E-state index in [4.69, 9.17) is 4.74 Å². The molecule has 0 aliphatic carbocycles. The van der Waals surface area contributed by atoms with Crippen LogP contribution in [0.25, 0.3) is 10.9 Å². The van der Waals surface area contributed by atoms with Gasteiger partial charge in [-0.25, -0.2) is 4.79 Å². The summed E-state index contributed by atoms with van der Waals surface area (Å²) in [6.45, 7) is 2.22. The first-order valence-corrected chi connectivity index (χ1v) is 11.2. The maximum Gasteiger partial charge on any atom is 0.356 e. The van der Waals surface area contributed by atoms with E-state index in [1.54, 1.807) is 0 Å². The Hall–Kier alpha value is -1.47. The SMILES string of the molecule is CCOC(=O)c1c(CCc2ccccc2)c2ccccc2n1SI. The summed E-state index contributed by atoms with van der Waals surface area (Å²) in [6, 6.07) is 18.5. The molecule has 3 aromatic rings. The molecule has 0 unspecified atom stereocenters. The normalized spacial score (nSPS) is 10.9. The summed E-state index contributed by atoms with van der Waals surface area (Å²) in [4.78, 5) is 12.6. The molecule has 0 aliphatic heterocycles. The number of nitrogens with zero attached hydrogens (tertiary/aromatic N) is 1. The molecule has 0 saturated heterocycles. The fourth-order valence-corrected chi connectivity index (χ4v) is 4.64. The maximum absolute atomic E-state index is 12.6. The van der Waals surface area contributed by atoms with Gasteiger partial charge in [-0.15, -0.1) is 0 Å². The van der Waals surface area contributed by atoms with E-state index in [9.17, 15) is 4.79 Å². The predicted molar refractivity (Wildman–Crippen MR) is 109 cm³/mol. The predicted octanol–water partition coefficient (Wildman–Crippen LogP) is 5.45. The van der Waals surface area contributed by atoms with Gasteiger partial charge in [0.15, 0.2) is 0 Å². The fourth-order valence-electron chi connectivity index (χ4n) is 2.92. The highest BCUT2D eigenvalue weighted by Crippen LogP contribution is 2.34. The first kappa shape index (κ1) is 17.4. The van der Waals surface area contributed by atoms with E-state index in [-0.39, 0.29) is 5.97 Å². The zero-order valence-electron chi connectivity index (χ0n) is 13.4. The van der Waals surface area contributed by atoms with Crippen LogP contribution in [0.1, 0.15) is 28.5 Å². The van der Waals surface area contributed by atoms with Crippen molar-refractivity contribution in [3.8, 4) is 0 Å². The number of hydrogen-bond acceptors (Lipinski definition) is 3. The van der Waals surface area contributed by atoms with Crippen molar-refractivity contribution in [2.45, 2.75) is 19.8 Å². The smallest absolute Gasteiger partial charge is 0.356 e. The second kappa shape index (κ2) is 8.07. The number of halogens is 1. The largest absolute Gasteiger partial charge is 0.461 e. The average molecular weight is 451 g/mol. The minimum atomic E-state index is -0.249. The van der Waals surface area contributed by atoms with Crippen LogP contribution in [0.3, 0.4) is 0 Å². The lowest BCUT2D eigenvalue weighted by atomic mass is 10.0. The van der Waals surface area contributed by atoms with Gasteiger partial charge in [-0.3, -0.25) is 3.97 Å². The molecule has 124 valence electrons. The quantitative estimate of drug-likeness (QED) is 0.369. The minimum absolute atomic E-state index is 0.249. The number of hydrogen-bond donors (Lipinski definition) is 0. The van der Waals surface area contributed by atoms with Gasteiger partial charge in [-0.05, 0) is 37.0 Å². The molecule has 3 nitrogen and oxygen atoms in total. The Morgan fingerprint density at radius 1 is 1.08 bits per heavy atom. The van der Waals surface area contributed by atoms with E-state index >= 15 is 0 Å². The van der Waals surface area contributed by atoms with E-state index in [2.05, 4.69) is 45.5 Å². The Morgan fingerprint density at radius 2 is 1.79 bits per heavy atom. The Balaban J connectivity index is 2.06. The Kier molecular flexibility index (Phi) is 5.84. The first-order chi connectivity index (χ1) is 11.8. The van der Waals surface area contributed by atoms with Crippen molar-refractivity contribution in [3.05, 3.63) is 71.4 Å². The second-order valence-corrected chi connectivity index (χ2v) is 7.10. The number of carbonyl (C=O) groups excluding carboxylic acids is 1. The van der Waals surface area contributed by atoms with Crippen molar-refractivity contribution in [2.24, 2.45) is 0 Å². The molecule has 0 N–H and O–H groups in total. The van der Waals surface area contributed by atoms with Gasteiger partial charge in [0, 0.05) is 35.7 Å². The van der Waals surface area contributed by atoms with Gasteiger partial charge < -0.3 is 4.74 Å². The summed E-state index contributed by atoms with van der Waals surface area (Å²) in [7, 11) is 1.51. The van der Waals surface area contributed by atoms with Gasteiger partial charge in [0.05, 0.1) is 12.1 Å². The van der Waals surface area contributed by atoms with Crippen molar-refractivity contribution >= 4 is 47.2 Å². The van der Waals surface area contributed by atoms with Gasteiger partial charge in [0.2, 0.25) is 0 Å². The van der Waals surface area contributed by atoms with Crippen LogP contribution in [0.4, 0.5) is 0 Å². The van der Waals surface area contributed by atoms with Crippen LogP contribution in [-0.2, 0) is 17.6 Å². The zero-order chi connectivity index (χ0) is 16.9. The molecule has 0 atom stereocenters. The van der Waals surface area contributed by atoms with Crippen molar-refractivity contribution in [1.29, 1.82) is 0 Å². The second-order valence-electron chi connectivity index (χ2n) is 5.41. The van der Waals surface area contributed by atoms with Gasteiger partial charge in [-0.1, -0.05) is 48.5 Å². The number of aryl methyl sites for hydroxylation is 2. The molecule has 3 rings (SSSR count).